The second-order valence-corrected chi connectivity index (χ2v) is 8.86. The molecule has 1 fully saturated rings. The molecule has 5 rings (SSSR count). The third-order valence-electron chi connectivity index (χ3n) is 6.45. The summed E-state index contributed by atoms with van der Waals surface area (Å²) >= 11 is 0. The van der Waals surface area contributed by atoms with Crippen LogP contribution in [0.4, 0.5) is 5.82 Å². The molecule has 1 unspecified atom stereocenters. The van der Waals surface area contributed by atoms with E-state index in [1.807, 2.05) is 18.2 Å². The number of hydrogen-bond donors (Lipinski definition) is 4. The van der Waals surface area contributed by atoms with Crippen LogP contribution in [0, 0.1) is 0 Å². The van der Waals surface area contributed by atoms with E-state index in [4.69, 9.17) is 9.15 Å². The Morgan fingerprint density at radius 3 is 2.97 bits per heavy atom. The van der Waals surface area contributed by atoms with E-state index in [9.17, 15) is 9.90 Å². The van der Waals surface area contributed by atoms with Gasteiger partial charge >= 0.3 is 0 Å². The first-order valence-electron chi connectivity index (χ1n) is 11.7. The van der Waals surface area contributed by atoms with Gasteiger partial charge in [-0.3, -0.25) is 4.79 Å². The standard InChI is InChI=1S/C25H29N5O4/c31-23(13-29-25(32)17-6-7-27-24(10-17)30-19-2-1-3-19)22-9-16-4-5-20(8-18(16)11-28-22)33-14-21-12-26-15-34-21/h4-8,10,12,15,19,22-23,28,31H,1-3,9,11,13-14H2,(H,27,30)(H,29,32)/t22-,23?/m0/s1. The molecule has 0 spiro atoms. The molecular weight excluding hydrogens is 434 g/mol. The number of nitrogens with one attached hydrogen (secondary N) is 3. The second kappa shape index (κ2) is 10.2. The van der Waals surface area contributed by atoms with Crippen LogP contribution in [0.2, 0.25) is 0 Å². The van der Waals surface area contributed by atoms with Crippen molar-refractivity contribution in [1.29, 1.82) is 0 Å². The SMILES string of the molecule is O=C(NCC(O)[C@@H]1Cc2ccc(OCc3cnco3)cc2CN1)c1ccnc(NC2CCC2)c1. The minimum absolute atomic E-state index is 0.151. The quantitative estimate of drug-likeness (QED) is 0.382. The zero-order valence-electron chi connectivity index (χ0n) is 18.9. The first-order chi connectivity index (χ1) is 16.6. The fourth-order valence-corrected chi connectivity index (χ4v) is 4.20. The van der Waals surface area contributed by atoms with Gasteiger partial charge in [-0.25, -0.2) is 9.97 Å². The van der Waals surface area contributed by atoms with Crippen molar-refractivity contribution >= 4 is 11.7 Å². The van der Waals surface area contributed by atoms with Gasteiger partial charge in [0.1, 0.15) is 18.2 Å². The molecule has 3 aromatic rings. The molecule has 178 valence electrons. The summed E-state index contributed by atoms with van der Waals surface area (Å²) < 4.78 is 11.0. The summed E-state index contributed by atoms with van der Waals surface area (Å²) in [6.45, 7) is 1.10. The zero-order valence-corrected chi connectivity index (χ0v) is 18.9. The van der Waals surface area contributed by atoms with E-state index in [-0.39, 0.29) is 18.5 Å². The molecule has 3 heterocycles. The number of oxazole rings is 1. The number of carbonyl (C=O) groups is 1. The number of rotatable bonds is 9. The lowest BCUT2D eigenvalue weighted by Gasteiger charge is -2.30. The van der Waals surface area contributed by atoms with Gasteiger partial charge in [0.25, 0.3) is 5.91 Å². The second-order valence-electron chi connectivity index (χ2n) is 8.86. The maximum Gasteiger partial charge on any atom is 0.251 e. The van der Waals surface area contributed by atoms with Crippen molar-refractivity contribution in [3.8, 4) is 5.75 Å². The summed E-state index contributed by atoms with van der Waals surface area (Å²) in [6, 6.07) is 9.69. The Morgan fingerprint density at radius 1 is 1.26 bits per heavy atom. The van der Waals surface area contributed by atoms with Crippen LogP contribution >= 0.6 is 0 Å². The van der Waals surface area contributed by atoms with Gasteiger partial charge in [-0.05, 0) is 61.1 Å². The van der Waals surface area contributed by atoms with Crippen LogP contribution in [0.1, 0.15) is 46.5 Å². The van der Waals surface area contributed by atoms with Gasteiger partial charge in [0.15, 0.2) is 12.2 Å². The van der Waals surface area contributed by atoms with Crippen molar-refractivity contribution in [2.45, 2.75) is 57.0 Å². The third-order valence-corrected chi connectivity index (χ3v) is 6.45. The lowest BCUT2D eigenvalue weighted by molar-refractivity contribution is 0.0870. The van der Waals surface area contributed by atoms with E-state index in [1.54, 1.807) is 24.5 Å². The van der Waals surface area contributed by atoms with E-state index < -0.39 is 6.10 Å². The van der Waals surface area contributed by atoms with Crippen LogP contribution in [0.5, 0.6) is 5.75 Å². The lowest BCUT2D eigenvalue weighted by atomic mass is 9.92. The summed E-state index contributed by atoms with van der Waals surface area (Å²) in [5, 5.41) is 20.3. The summed E-state index contributed by atoms with van der Waals surface area (Å²) in [5.74, 6) is 1.92. The number of aliphatic hydroxyl groups is 1. The zero-order chi connectivity index (χ0) is 23.3. The Kier molecular flexibility index (Phi) is 6.73. The number of amides is 1. The van der Waals surface area contributed by atoms with Crippen LogP contribution in [-0.2, 0) is 19.6 Å². The average molecular weight is 464 g/mol. The summed E-state index contributed by atoms with van der Waals surface area (Å²) in [7, 11) is 0. The molecule has 2 aliphatic rings. The smallest absolute Gasteiger partial charge is 0.251 e. The predicted octanol–water partition coefficient (Wildman–Crippen LogP) is 2.42. The molecule has 0 saturated heterocycles. The fraction of sp³-hybridized carbons (Fsp3) is 0.400. The highest BCUT2D eigenvalue weighted by Gasteiger charge is 2.25. The van der Waals surface area contributed by atoms with Gasteiger partial charge in [0.2, 0.25) is 0 Å². The van der Waals surface area contributed by atoms with Crippen molar-refractivity contribution in [3.05, 3.63) is 71.6 Å². The number of benzene rings is 1. The van der Waals surface area contributed by atoms with Crippen molar-refractivity contribution in [1.82, 2.24) is 20.6 Å². The highest BCUT2D eigenvalue weighted by Crippen LogP contribution is 2.24. The largest absolute Gasteiger partial charge is 0.486 e. The van der Waals surface area contributed by atoms with Crippen LogP contribution in [0.3, 0.4) is 0 Å². The van der Waals surface area contributed by atoms with Crippen molar-refractivity contribution < 1.29 is 19.1 Å². The monoisotopic (exact) mass is 463 g/mol. The molecule has 0 bridgehead atoms. The number of aromatic nitrogens is 2. The number of fused-ring (bicyclic) bond motifs is 1. The molecule has 1 aromatic carbocycles. The average Bonchev–Trinajstić information content (AvgIpc) is 3.37. The van der Waals surface area contributed by atoms with Crippen molar-refractivity contribution in [3.63, 3.8) is 0 Å². The number of pyridine rings is 1. The van der Waals surface area contributed by atoms with Gasteiger partial charge in [-0.2, -0.15) is 0 Å². The highest BCUT2D eigenvalue weighted by molar-refractivity contribution is 5.94. The molecular formula is C25H29N5O4. The topological polar surface area (TPSA) is 122 Å². The Balaban J connectivity index is 1.11. The predicted molar refractivity (Wildman–Crippen MR) is 125 cm³/mol. The molecule has 2 aromatic heterocycles. The summed E-state index contributed by atoms with van der Waals surface area (Å²) in [6.07, 6.45) is 8.10. The maximum absolute atomic E-state index is 12.6. The number of ether oxygens (including phenoxy) is 1. The number of hydrogen-bond acceptors (Lipinski definition) is 8. The molecule has 1 aliphatic carbocycles. The minimum Gasteiger partial charge on any atom is -0.486 e. The van der Waals surface area contributed by atoms with Gasteiger partial charge in [-0.15, -0.1) is 0 Å². The van der Waals surface area contributed by atoms with Gasteiger partial charge in [0, 0.05) is 36.9 Å². The Labute approximate surface area is 198 Å². The molecule has 0 radical (unpaired) electrons. The summed E-state index contributed by atoms with van der Waals surface area (Å²) in [4.78, 5) is 20.8. The highest BCUT2D eigenvalue weighted by atomic mass is 16.5. The van der Waals surface area contributed by atoms with E-state index in [0.717, 1.165) is 29.7 Å². The van der Waals surface area contributed by atoms with Crippen molar-refractivity contribution in [2.24, 2.45) is 0 Å². The lowest BCUT2D eigenvalue weighted by Crippen LogP contribution is -2.49. The van der Waals surface area contributed by atoms with Crippen LogP contribution in [0.25, 0.3) is 0 Å². The fourth-order valence-electron chi connectivity index (χ4n) is 4.20. The number of carbonyl (C=O) groups excluding carboxylic acids is 1. The number of nitrogens with zero attached hydrogens (tertiary/aromatic N) is 2. The Hall–Kier alpha value is -3.43. The van der Waals surface area contributed by atoms with Crippen LogP contribution in [0.15, 0.2) is 53.5 Å². The molecule has 34 heavy (non-hydrogen) atoms. The number of anilines is 1. The first kappa shape index (κ1) is 22.4. The van der Waals surface area contributed by atoms with E-state index in [1.165, 1.54) is 12.8 Å². The molecule has 1 amide bonds. The van der Waals surface area contributed by atoms with Crippen LogP contribution in [-0.4, -0.2) is 45.7 Å². The Bertz CT molecular complexity index is 1120. The van der Waals surface area contributed by atoms with Crippen LogP contribution < -0.4 is 20.7 Å². The maximum atomic E-state index is 12.6. The third kappa shape index (κ3) is 5.37. The molecule has 9 nitrogen and oxygen atoms in total. The van der Waals surface area contributed by atoms with E-state index in [0.29, 0.717) is 42.8 Å². The number of aliphatic hydroxyl groups excluding tert-OH is 1. The van der Waals surface area contributed by atoms with E-state index in [2.05, 4.69) is 25.9 Å². The molecule has 4 N–H and O–H groups in total. The van der Waals surface area contributed by atoms with Gasteiger partial charge in [-0.1, -0.05) is 6.07 Å². The molecule has 9 heteroatoms. The summed E-state index contributed by atoms with van der Waals surface area (Å²) in [5.41, 5.74) is 2.82. The Morgan fingerprint density at radius 2 is 2.18 bits per heavy atom. The van der Waals surface area contributed by atoms with E-state index >= 15 is 0 Å². The minimum atomic E-state index is -0.714. The molecule has 1 aliphatic heterocycles. The van der Waals surface area contributed by atoms with Gasteiger partial charge in [0.05, 0.1) is 12.3 Å². The molecule has 1 saturated carbocycles. The normalized spacial score (nSPS) is 18.4. The molecule has 2 atom stereocenters. The van der Waals surface area contributed by atoms with Crippen molar-refractivity contribution in [2.75, 3.05) is 11.9 Å². The van der Waals surface area contributed by atoms with Gasteiger partial charge < -0.3 is 30.2 Å². The first-order valence-corrected chi connectivity index (χ1v) is 11.7.